The van der Waals surface area contributed by atoms with Crippen LogP contribution in [0.2, 0.25) is 0 Å². The van der Waals surface area contributed by atoms with Crippen LogP contribution in [0.3, 0.4) is 0 Å². The van der Waals surface area contributed by atoms with Crippen molar-refractivity contribution in [1.29, 1.82) is 0 Å². The summed E-state index contributed by atoms with van der Waals surface area (Å²) < 4.78 is 26.7. The first-order valence-corrected chi connectivity index (χ1v) is 6.76. The van der Waals surface area contributed by atoms with Crippen molar-refractivity contribution >= 4 is 16.7 Å². The lowest BCUT2D eigenvalue weighted by Gasteiger charge is -2.05. The third kappa shape index (κ3) is 3.02. The molecule has 2 aromatic carbocycles. The number of nitrogens with zero attached hydrogens (tertiary/aromatic N) is 1. The number of nitrogens with one attached hydrogen (secondary N) is 2. The zero-order chi connectivity index (χ0) is 14.8. The fraction of sp³-hybridized carbons (Fsp3) is 0.188. The molecule has 0 spiro atoms. The van der Waals surface area contributed by atoms with E-state index in [1.807, 2.05) is 31.2 Å². The molecule has 1 aromatic heterocycles. The molecule has 1 heterocycles. The largest absolute Gasteiger partial charge is 0.385 e. The number of hydrogen-bond acceptors (Lipinski definition) is 2. The van der Waals surface area contributed by atoms with Crippen molar-refractivity contribution in [3.63, 3.8) is 0 Å². The van der Waals surface area contributed by atoms with Crippen LogP contribution in [0.5, 0.6) is 0 Å². The number of fused-ring (bicyclic) bond motifs is 1. The first-order chi connectivity index (χ1) is 10.1. The number of benzene rings is 2. The summed E-state index contributed by atoms with van der Waals surface area (Å²) in [4.78, 5) is 7.10. The molecule has 5 heteroatoms. The Labute approximate surface area is 121 Å². The van der Waals surface area contributed by atoms with E-state index in [0.717, 1.165) is 11.8 Å². The Morgan fingerprint density at radius 3 is 2.67 bits per heavy atom. The van der Waals surface area contributed by atoms with Gasteiger partial charge in [-0.2, -0.15) is 0 Å². The lowest BCUT2D eigenvalue weighted by molar-refractivity contribution is 0.590. The van der Waals surface area contributed by atoms with Gasteiger partial charge in [-0.25, -0.2) is 13.8 Å². The zero-order valence-electron chi connectivity index (χ0n) is 11.6. The second-order valence-corrected chi connectivity index (χ2v) is 5.01. The minimum Gasteiger partial charge on any atom is -0.385 e. The van der Waals surface area contributed by atoms with E-state index in [1.165, 1.54) is 11.6 Å². The predicted molar refractivity (Wildman–Crippen MR) is 79.4 cm³/mol. The second-order valence-electron chi connectivity index (χ2n) is 5.01. The molecule has 0 saturated heterocycles. The van der Waals surface area contributed by atoms with Gasteiger partial charge >= 0.3 is 0 Å². The van der Waals surface area contributed by atoms with Gasteiger partial charge in [-0.15, -0.1) is 0 Å². The molecule has 0 fully saturated rings. The summed E-state index contributed by atoms with van der Waals surface area (Å²) in [7, 11) is 0. The molecule has 0 aliphatic rings. The van der Waals surface area contributed by atoms with E-state index < -0.39 is 11.6 Å². The third-order valence-electron chi connectivity index (χ3n) is 3.30. The van der Waals surface area contributed by atoms with Crippen molar-refractivity contribution in [2.75, 3.05) is 11.9 Å². The molecule has 0 atom stereocenters. The van der Waals surface area contributed by atoms with Crippen LogP contribution >= 0.6 is 0 Å². The van der Waals surface area contributed by atoms with E-state index in [1.54, 1.807) is 0 Å². The Bertz CT molecular complexity index is 763. The molecule has 21 heavy (non-hydrogen) atoms. The molecule has 0 radical (unpaired) electrons. The van der Waals surface area contributed by atoms with Crippen LogP contribution in [0, 0.1) is 18.6 Å². The van der Waals surface area contributed by atoms with E-state index in [4.69, 9.17) is 0 Å². The topological polar surface area (TPSA) is 40.7 Å². The average molecular weight is 287 g/mol. The van der Waals surface area contributed by atoms with E-state index in [-0.39, 0.29) is 5.52 Å². The van der Waals surface area contributed by atoms with Crippen LogP contribution < -0.4 is 5.32 Å². The quantitative estimate of drug-likeness (QED) is 0.766. The highest BCUT2D eigenvalue weighted by Gasteiger charge is 2.09. The van der Waals surface area contributed by atoms with Crippen molar-refractivity contribution in [3.05, 3.63) is 59.4 Å². The van der Waals surface area contributed by atoms with Crippen LogP contribution in [0.15, 0.2) is 36.4 Å². The minimum absolute atomic E-state index is 0.182. The molecule has 0 saturated carbocycles. The summed E-state index contributed by atoms with van der Waals surface area (Å²) in [6.45, 7) is 2.69. The summed E-state index contributed by atoms with van der Waals surface area (Å²) in [6.07, 6.45) is 0.601. The maximum Gasteiger partial charge on any atom is 0.153 e. The van der Waals surface area contributed by atoms with Crippen LogP contribution in [0.25, 0.3) is 11.0 Å². The van der Waals surface area contributed by atoms with Gasteiger partial charge in [0.05, 0.1) is 5.52 Å². The van der Waals surface area contributed by atoms with E-state index in [2.05, 4.69) is 15.3 Å². The normalized spacial score (nSPS) is 11.0. The van der Waals surface area contributed by atoms with Gasteiger partial charge in [0.25, 0.3) is 0 Å². The number of hydrogen-bond donors (Lipinski definition) is 2. The van der Waals surface area contributed by atoms with Crippen molar-refractivity contribution in [2.45, 2.75) is 13.3 Å². The molecular formula is C16H15F2N3. The molecule has 0 aliphatic heterocycles. The van der Waals surface area contributed by atoms with Crippen molar-refractivity contribution in [2.24, 2.45) is 0 Å². The standard InChI is InChI=1S/C16H15F2N3/c1-10-2-4-12(5-3-10)19-7-6-15-20-14-9-11(17)8-13(18)16(14)21-15/h2-5,8-9,19H,6-7H2,1H3,(H,20,21). The van der Waals surface area contributed by atoms with Crippen molar-refractivity contribution in [3.8, 4) is 0 Å². The monoisotopic (exact) mass is 287 g/mol. The number of aryl methyl sites for hydroxylation is 1. The Balaban J connectivity index is 1.68. The van der Waals surface area contributed by atoms with Crippen molar-refractivity contribution < 1.29 is 8.78 Å². The minimum atomic E-state index is -0.640. The third-order valence-corrected chi connectivity index (χ3v) is 3.30. The van der Waals surface area contributed by atoms with Gasteiger partial charge in [-0.05, 0) is 25.1 Å². The lowest BCUT2D eigenvalue weighted by atomic mass is 10.2. The number of imidazole rings is 1. The predicted octanol–water partition coefficient (Wildman–Crippen LogP) is 3.80. The lowest BCUT2D eigenvalue weighted by Crippen LogP contribution is -2.05. The van der Waals surface area contributed by atoms with E-state index >= 15 is 0 Å². The fourth-order valence-corrected chi connectivity index (χ4v) is 2.21. The van der Waals surface area contributed by atoms with Gasteiger partial charge in [0, 0.05) is 24.7 Å². The zero-order valence-corrected chi connectivity index (χ0v) is 11.6. The summed E-state index contributed by atoms with van der Waals surface area (Å²) in [5.41, 5.74) is 2.80. The molecule has 0 aliphatic carbocycles. The summed E-state index contributed by atoms with van der Waals surface area (Å²) >= 11 is 0. The van der Waals surface area contributed by atoms with Gasteiger partial charge in [-0.1, -0.05) is 17.7 Å². The molecule has 3 nitrogen and oxygen atoms in total. The van der Waals surface area contributed by atoms with Crippen LogP contribution in [-0.4, -0.2) is 16.5 Å². The first kappa shape index (κ1) is 13.5. The average Bonchev–Trinajstić information content (AvgIpc) is 2.84. The van der Waals surface area contributed by atoms with Crippen molar-refractivity contribution in [1.82, 2.24) is 9.97 Å². The van der Waals surface area contributed by atoms with Gasteiger partial charge in [0.15, 0.2) is 5.82 Å². The van der Waals surface area contributed by atoms with Gasteiger partial charge in [-0.3, -0.25) is 0 Å². The number of aromatic amines is 1. The van der Waals surface area contributed by atoms with Crippen LogP contribution in [-0.2, 0) is 6.42 Å². The van der Waals surface area contributed by atoms with Crippen LogP contribution in [0.1, 0.15) is 11.4 Å². The Morgan fingerprint density at radius 2 is 1.90 bits per heavy atom. The summed E-state index contributed by atoms with van der Waals surface area (Å²) in [6, 6.07) is 10.2. The SMILES string of the molecule is Cc1ccc(NCCc2nc3c(F)cc(F)cc3[nH]2)cc1. The van der Waals surface area contributed by atoms with Crippen LogP contribution in [0.4, 0.5) is 14.5 Å². The maximum atomic E-state index is 13.5. The Kier molecular flexibility index (Phi) is 3.56. The highest BCUT2D eigenvalue weighted by Crippen LogP contribution is 2.17. The molecular weight excluding hydrogens is 272 g/mol. The Hall–Kier alpha value is -2.43. The smallest absolute Gasteiger partial charge is 0.153 e. The molecule has 0 bridgehead atoms. The number of H-pyrrole nitrogens is 1. The molecule has 108 valence electrons. The molecule has 3 aromatic rings. The van der Waals surface area contributed by atoms with E-state index in [0.29, 0.717) is 24.3 Å². The summed E-state index contributed by atoms with van der Waals surface area (Å²) in [5, 5.41) is 3.26. The number of rotatable bonds is 4. The molecule has 0 unspecified atom stereocenters. The second kappa shape index (κ2) is 5.52. The molecule has 3 rings (SSSR count). The number of aromatic nitrogens is 2. The first-order valence-electron chi connectivity index (χ1n) is 6.76. The number of halogens is 2. The maximum absolute atomic E-state index is 13.5. The van der Waals surface area contributed by atoms with Gasteiger partial charge in [0.1, 0.15) is 17.2 Å². The fourth-order valence-electron chi connectivity index (χ4n) is 2.21. The molecule has 2 N–H and O–H groups in total. The van der Waals surface area contributed by atoms with E-state index in [9.17, 15) is 8.78 Å². The Morgan fingerprint density at radius 1 is 1.14 bits per heavy atom. The number of anilines is 1. The van der Waals surface area contributed by atoms with Gasteiger partial charge < -0.3 is 10.3 Å². The summed E-state index contributed by atoms with van der Waals surface area (Å²) in [5.74, 6) is -0.610. The highest BCUT2D eigenvalue weighted by molar-refractivity contribution is 5.75. The molecule has 0 amide bonds. The van der Waals surface area contributed by atoms with Gasteiger partial charge in [0.2, 0.25) is 0 Å². The highest BCUT2D eigenvalue weighted by atomic mass is 19.1.